The first-order valence-corrected chi connectivity index (χ1v) is 11.9. The molecule has 0 spiro atoms. The van der Waals surface area contributed by atoms with E-state index in [0.717, 1.165) is 24.8 Å². The third-order valence-electron chi connectivity index (χ3n) is 5.94. The number of aryl methyl sites for hydroxylation is 1. The fourth-order valence-corrected chi connectivity index (χ4v) is 5.39. The van der Waals surface area contributed by atoms with Crippen LogP contribution in [0, 0.1) is 0 Å². The molecule has 5 rings (SSSR count). The molecule has 1 aromatic carbocycles. The summed E-state index contributed by atoms with van der Waals surface area (Å²) < 4.78 is 8.68. The van der Waals surface area contributed by atoms with Crippen molar-refractivity contribution >= 4 is 43.4 Å². The monoisotopic (exact) mass is 464 g/mol. The molecule has 3 aromatic heterocycles. The van der Waals surface area contributed by atoms with Crippen LogP contribution in [0.5, 0.6) is 0 Å². The van der Waals surface area contributed by atoms with Gasteiger partial charge in [-0.15, -0.1) is 11.3 Å². The quantitative estimate of drug-likeness (QED) is 0.473. The van der Waals surface area contributed by atoms with Crippen LogP contribution in [-0.2, 0) is 29.0 Å². The lowest BCUT2D eigenvalue weighted by atomic mass is 10.1. The van der Waals surface area contributed by atoms with E-state index in [2.05, 4.69) is 10.3 Å². The summed E-state index contributed by atoms with van der Waals surface area (Å²) >= 11 is 1.24. The third kappa shape index (κ3) is 4.09. The maximum absolute atomic E-state index is 13.5. The van der Waals surface area contributed by atoms with Gasteiger partial charge in [-0.05, 0) is 49.1 Å². The van der Waals surface area contributed by atoms with Crippen molar-refractivity contribution in [1.82, 2.24) is 14.1 Å². The Morgan fingerprint density at radius 1 is 1.24 bits per heavy atom. The predicted octanol–water partition coefficient (Wildman–Crippen LogP) is 3.15. The van der Waals surface area contributed by atoms with E-state index < -0.39 is 5.69 Å². The van der Waals surface area contributed by atoms with Gasteiger partial charge in [-0.2, -0.15) is 0 Å². The fraction of sp³-hybridized carbons (Fsp3) is 0.333. The first-order chi connectivity index (χ1) is 16.0. The highest BCUT2D eigenvalue weighted by Crippen LogP contribution is 2.29. The Labute approximate surface area is 193 Å². The molecule has 1 aliphatic heterocycles. The lowest BCUT2D eigenvalue weighted by molar-refractivity contribution is -0.116. The summed E-state index contributed by atoms with van der Waals surface area (Å²) in [7, 11) is 0. The van der Waals surface area contributed by atoms with Crippen molar-refractivity contribution < 1.29 is 9.53 Å². The Balaban J connectivity index is 1.60. The molecule has 1 unspecified atom stereocenters. The van der Waals surface area contributed by atoms with Gasteiger partial charge >= 0.3 is 5.69 Å². The summed E-state index contributed by atoms with van der Waals surface area (Å²) in [6, 6.07) is 11.2. The normalized spacial score (nSPS) is 16.0. The van der Waals surface area contributed by atoms with Gasteiger partial charge in [-0.3, -0.25) is 18.7 Å². The molecular weight excluding hydrogens is 440 g/mol. The van der Waals surface area contributed by atoms with Crippen LogP contribution < -0.4 is 16.6 Å². The minimum Gasteiger partial charge on any atom is -0.376 e. The molecule has 33 heavy (non-hydrogen) atoms. The maximum Gasteiger partial charge on any atom is 0.332 e. The average molecular weight is 465 g/mol. The number of nitrogens with one attached hydrogen (secondary N) is 1. The van der Waals surface area contributed by atoms with E-state index in [1.165, 1.54) is 20.5 Å². The van der Waals surface area contributed by atoms with Crippen LogP contribution in [0.25, 0.3) is 20.4 Å². The van der Waals surface area contributed by atoms with Crippen LogP contribution in [0.15, 0.2) is 52.2 Å². The molecule has 0 radical (unpaired) electrons. The van der Waals surface area contributed by atoms with Gasteiger partial charge in [0.1, 0.15) is 16.1 Å². The number of thiophene rings is 1. The maximum atomic E-state index is 13.5. The van der Waals surface area contributed by atoms with Gasteiger partial charge in [0, 0.05) is 23.9 Å². The second kappa shape index (κ2) is 8.92. The molecule has 8 nitrogen and oxygen atoms in total. The standard InChI is InChI=1S/C24H24N4O4S/c1-2-15-6-3-7-16(12-15)26-19(29)14-27-20-18-9-4-10-25-22(18)33-21(20)23(30)28(24(27)31)13-17-8-5-11-32-17/h3-4,6-7,9-10,12,17H,2,5,8,11,13-14H2,1H3,(H,26,29). The summed E-state index contributed by atoms with van der Waals surface area (Å²) in [5.74, 6) is -0.336. The van der Waals surface area contributed by atoms with E-state index in [0.29, 0.717) is 32.7 Å². The molecule has 1 amide bonds. The summed E-state index contributed by atoms with van der Waals surface area (Å²) in [6.07, 6.45) is 4.03. The molecule has 9 heteroatoms. The highest BCUT2D eigenvalue weighted by molar-refractivity contribution is 7.25. The Kier molecular flexibility index (Phi) is 5.82. The summed E-state index contributed by atoms with van der Waals surface area (Å²) in [4.78, 5) is 44.8. The second-order valence-electron chi connectivity index (χ2n) is 8.16. The van der Waals surface area contributed by atoms with Crippen molar-refractivity contribution in [3.63, 3.8) is 0 Å². The van der Waals surface area contributed by atoms with Crippen LogP contribution in [0.2, 0.25) is 0 Å². The molecule has 4 heterocycles. The Hall–Kier alpha value is -3.30. The van der Waals surface area contributed by atoms with Crippen molar-refractivity contribution in [1.29, 1.82) is 0 Å². The van der Waals surface area contributed by atoms with E-state index in [1.807, 2.05) is 37.3 Å². The minimum absolute atomic E-state index is 0.176. The molecule has 1 aliphatic rings. The van der Waals surface area contributed by atoms with Crippen molar-refractivity contribution in [3.05, 3.63) is 69.0 Å². The van der Waals surface area contributed by atoms with E-state index in [9.17, 15) is 14.4 Å². The number of nitrogens with zero attached hydrogens (tertiary/aromatic N) is 3. The van der Waals surface area contributed by atoms with E-state index in [-0.39, 0.29) is 30.7 Å². The first-order valence-electron chi connectivity index (χ1n) is 11.1. The van der Waals surface area contributed by atoms with Crippen LogP contribution in [-0.4, -0.2) is 32.7 Å². The highest BCUT2D eigenvalue weighted by Gasteiger charge is 2.24. The number of benzene rings is 1. The molecule has 1 N–H and O–H groups in total. The van der Waals surface area contributed by atoms with E-state index in [4.69, 9.17) is 4.74 Å². The van der Waals surface area contributed by atoms with Crippen molar-refractivity contribution in [2.75, 3.05) is 11.9 Å². The minimum atomic E-state index is -0.510. The molecule has 1 saturated heterocycles. The molecular formula is C24H24N4O4S. The summed E-state index contributed by atoms with van der Waals surface area (Å²) in [5.41, 5.74) is 1.37. The van der Waals surface area contributed by atoms with Gasteiger partial charge < -0.3 is 10.1 Å². The van der Waals surface area contributed by atoms with Crippen LogP contribution >= 0.6 is 11.3 Å². The van der Waals surface area contributed by atoms with Gasteiger partial charge in [0.25, 0.3) is 5.56 Å². The van der Waals surface area contributed by atoms with Crippen LogP contribution in [0.4, 0.5) is 5.69 Å². The zero-order valence-corrected chi connectivity index (χ0v) is 19.1. The second-order valence-corrected chi connectivity index (χ2v) is 9.16. The smallest absolute Gasteiger partial charge is 0.332 e. The SMILES string of the molecule is CCc1cccc(NC(=O)Cn2c(=O)n(CC3CCCO3)c(=O)c3sc4ncccc4c32)c1. The van der Waals surface area contributed by atoms with Gasteiger partial charge in [-0.1, -0.05) is 19.1 Å². The number of hydrogen-bond donors (Lipinski definition) is 1. The van der Waals surface area contributed by atoms with Gasteiger partial charge in [0.2, 0.25) is 5.91 Å². The van der Waals surface area contributed by atoms with Crippen LogP contribution in [0.3, 0.4) is 0 Å². The number of pyridine rings is 1. The topological polar surface area (TPSA) is 95.2 Å². The Morgan fingerprint density at radius 3 is 2.91 bits per heavy atom. The van der Waals surface area contributed by atoms with Gasteiger partial charge in [0.05, 0.1) is 18.2 Å². The molecule has 1 atom stereocenters. The third-order valence-corrected chi connectivity index (χ3v) is 7.03. The predicted molar refractivity (Wildman–Crippen MR) is 129 cm³/mol. The van der Waals surface area contributed by atoms with Crippen LogP contribution in [0.1, 0.15) is 25.3 Å². The molecule has 0 bridgehead atoms. The largest absolute Gasteiger partial charge is 0.376 e. The van der Waals surface area contributed by atoms with E-state index >= 15 is 0 Å². The molecule has 170 valence electrons. The zero-order chi connectivity index (χ0) is 22.9. The summed E-state index contributed by atoms with van der Waals surface area (Å²) in [5, 5.41) is 3.57. The molecule has 0 aliphatic carbocycles. The van der Waals surface area contributed by atoms with E-state index in [1.54, 1.807) is 12.3 Å². The summed E-state index contributed by atoms with van der Waals surface area (Å²) in [6.45, 7) is 2.64. The molecule has 1 fully saturated rings. The Morgan fingerprint density at radius 2 is 2.12 bits per heavy atom. The Bertz CT molecular complexity index is 1460. The molecule has 4 aromatic rings. The lowest BCUT2D eigenvalue weighted by Crippen LogP contribution is -2.43. The lowest BCUT2D eigenvalue weighted by Gasteiger charge is -2.15. The number of amides is 1. The zero-order valence-electron chi connectivity index (χ0n) is 18.2. The number of anilines is 1. The van der Waals surface area contributed by atoms with Gasteiger partial charge in [-0.25, -0.2) is 9.78 Å². The number of rotatable bonds is 6. The number of hydrogen-bond acceptors (Lipinski definition) is 6. The van der Waals surface area contributed by atoms with Crippen molar-refractivity contribution in [2.24, 2.45) is 0 Å². The number of ether oxygens (including phenoxy) is 1. The number of fused-ring (bicyclic) bond motifs is 3. The number of carbonyl (C=O) groups excluding carboxylic acids is 1. The van der Waals surface area contributed by atoms with Crippen molar-refractivity contribution in [2.45, 2.75) is 45.4 Å². The first kappa shape index (κ1) is 21.5. The molecule has 0 saturated carbocycles. The highest BCUT2D eigenvalue weighted by atomic mass is 32.1. The number of carbonyl (C=O) groups is 1. The van der Waals surface area contributed by atoms with Gasteiger partial charge in [0.15, 0.2) is 0 Å². The average Bonchev–Trinajstić information content (AvgIpc) is 3.47. The van der Waals surface area contributed by atoms with Crippen molar-refractivity contribution in [3.8, 4) is 0 Å². The number of aromatic nitrogens is 3. The fourth-order valence-electron chi connectivity index (χ4n) is 4.30.